The average molecular weight is 277 g/mol. The summed E-state index contributed by atoms with van der Waals surface area (Å²) in [5, 5.41) is 7.22. The fourth-order valence-electron chi connectivity index (χ4n) is 1.68. The van der Waals surface area contributed by atoms with Gasteiger partial charge in [-0.05, 0) is 42.1 Å². The summed E-state index contributed by atoms with van der Waals surface area (Å²) in [5.41, 5.74) is 0.942. The molecule has 1 heterocycles. The molecule has 0 aliphatic rings. The third-order valence-electron chi connectivity index (χ3n) is 2.72. The molecule has 1 aromatic heterocycles. The van der Waals surface area contributed by atoms with E-state index in [1.807, 2.05) is 42.1 Å². The van der Waals surface area contributed by atoms with E-state index in [1.165, 1.54) is 0 Å². The molecule has 4 nitrogen and oxygen atoms in total. The third-order valence-corrected chi connectivity index (χ3v) is 3.65. The van der Waals surface area contributed by atoms with Crippen molar-refractivity contribution in [2.24, 2.45) is 0 Å². The molecule has 2 rings (SSSR count). The lowest BCUT2D eigenvalue weighted by atomic mass is 10.2. The molecule has 0 aliphatic heterocycles. The monoisotopic (exact) mass is 277 g/mol. The normalized spacial score (nSPS) is 12.3. The van der Waals surface area contributed by atoms with E-state index >= 15 is 0 Å². The molecule has 1 atom stereocenters. The van der Waals surface area contributed by atoms with Gasteiger partial charge in [0.15, 0.2) is 0 Å². The van der Waals surface area contributed by atoms with Gasteiger partial charge in [-0.25, -0.2) is 0 Å². The highest BCUT2D eigenvalue weighted by Crippen LogP contribution is 2.18. The van der Waals surface area contributed by atoms with Crippen LogP contribution in [0.4, 0.5) is 5.95 Å². The lowest BCUT2D eigenvalue weighted by molar-refractivity contribution is 0.431. The summed E-state index contributed by atoms with van der Waals surface area (Å²) in [5.74, 6) is 3.42. The molecule has 1 unspecified atom stereocenters. The minimum Gasteiger partial charge on any atom is -0.349 e. The summed E-state index contributed by atoms with van der Waals surface area (Å²) < 4.78 is 5.25. The second-order valence-corrected chi connectivity index (χ2v) is 5.71. The van der Waals surface area contributed by atoms with E-state index in [0.717, 1.165) is 23.5 Å². The lowest BCUT2D eigenvalue weighted by Gasteiger charge is -2.10. The molecule has 102 valence electrons. The van der Waals surface area contributed by atoms with Crippen molar-refractivity contribution < 1.29 is 4.52 Å². The summed E-state index contributed by atoms with van der Waals surface area (Å²) in [4.78, 5) is 4.35. The van der Waals surface area contributed by atoms with Crippen molar-refractivity contribution in [1.29, 1.82) is 0 Å². The number of nitrogens with one attached hydrogen (secondary N) is 1. The maximum absolute atomic E-state index is 5.25. The smallest absolute Gasteiger partial charge is 0.263 e. The molecular formula is C14H19N3OS. The highest BCUT2D eigenvalue weighted by atomic mass is 32.2. The maximum atomic E-state index is 5.25. The molecule has 0 bridgehead atoms. The number of anilines is 1. The first-order valence-electron chi connectivity index (χ1n) is 6.53. The molecule has 2 aromatic rings. The minimum atomic E-state index is 0.347. The Kier molecular flexibility index (Phi) is 5.27. The highest BCUT2D eigenvalue weighted by molar-refractivity contribution is 7.99. The third kappa shape index (κ3) is 4.28. The highest BCUT2D eigenvalue weighted by Gasteiger charge is 2.10. The van der Waals surface area contributed by atoms with E-state index in [0.29, 0.717) is 17.9 Å². The summed E-state index contributed by atoms with van der Waals surface area (Å²) in [7, 11) is 0. The summed E-state index contributed by atoms with van der Waals surface area (Å²) in [6.07, 6.45) is 1.09. The molecule has 0 amide bonds. The lowest BCUT2D eigenvalue weighted by Crippen LogP contribution is -2.16. The molecular weight excluding hydrogens is 258 g/mol. The Balaban J connectivity index is 1.91. The van der Waals surface area contributed by atoms with Crippen LogP contribution in [0.5, 0.6) is 0 Å². The number of hydrogen-bond acceptors (Lipinski definition) is 5. The summed E-state index contributed by atoms with van der Waals surface area (Å²) in [6.45, 7) is 4.31. The van der Waals surface area contributed by atoms with Gasteiger partial charge in [0, 0.05) is 11.6 Å². The number of hydrogen-bond donors (Lipinski definition) is 1. The van der Waals surface area contributed by atoms with Crippen LogP contribution in [0.25, 0.3) is 11.5 Å². The Morgan fingerprint density at radius 2 is 2.11 bits per heavy atom. The van der Waals surface area contributed by atoms with E-state index < -0.39 is 0 Å². The average Bonchev–Trinajstić information content (AvgIpc) is 2.88. The van der Waals surface area contributed by atoms with Crippen molar-refractivity contribution >= 4 is 17.7 Å². The zero-order valence-corrected chi connectivity index (χ0v) is 12.1. The SMILES string of the molecule is CCSCCC(C)Nc1noc(-c2ccccc2)n1. The zero-order valence-electron chi connectivity index (χ0n) is 11.3. The number of nitrogens with zero attached hydrogens (tertiary/aromatic N) is 2. The van der Waals surface area contributed by atoms with Gasteiger partial charge in [0.2, 0.25) is 0 Å². The molecule has 0 saturated carbocycles. The van der Waals surface area contributed by atoms with Gasteiger partial charge in [0.1, 0.15) is 0 Å². The van der Waals surface area contributed by atoms with Crippen molar-refractivity contribution in [3.8, 4) is 11.5 Å². The maximum Gasteiger partial charge on any atom is 0.263 e. The van der Waals surface area contributed by atoms with Crippen LogP contribution in [0, 0.1) is 0 Å². The van der Waals surface area contributed by atoms with Crippen molar-refractivity contribution in [2.75, 3.05) is 16.8 Å². The van der Waals surface area contributed by atoms with Gasteiger partial charge in [-0.2, -0.15) is 16.7 Å². The number of benzene rings is 1. The van der Waals surface area contributed by atoms with Gasteiger partial charge in [0.25, 0.3) is 11.8 Å². The van der Waals surface area contributed by atoms with Crippen LogP contribution in [0.3, 0.4) is 0 Å². The largest absolute Gasteiger partial charge is 0.349 e. The summed E-state index contributed by atoms with van der Waals surface area (Å²) in [6, 6.07) is 10.1. The fourth-order valence-corrected chi connectivity index (χ4v) is 2.49. The number of rotatable bonds is 7. The molecule has 0 aliphatic carbocycles. The molecule has 5 heteroatoms. The van der Waals surface area contributed by atoms with Gasteiger partial charge in [-0.3, -0.25) is 0 Å². The molecule has 1 N–H and O–H groups in total. The first-order valence-corrected chi connectivity index (χ1v) is 7.68. The van der Waals surface area contributed by atoms with E-state index in [2.05, 4.69) is 29.3 Å². The Morgan fingerprint density at radius 1 is 1.32 bits per heavy atom. The Hall–Kier alpha value is -1.49. The van der Waals surface area contributed by atoms with Gasteiger partial charge in [-0.15, -0.1) is 0 Å². The second-order valence-electron chi connectivity index (χ2n) is 4.32. The van der Waals surface area contributed by atoms with E-state index in [4.69, 9.17) is 4.52 Å². The van der Waals surface area contributed by atoms with Gasteiger partial charge in [-0.1, -0.05) is 25.1 Å². The predicted molar refractivity (Wildman–Crippen MR) is 80.4 cm³/mol. The molecule has 0 saturated heterocycles. The number of aromatic nitrogens is 2. The van der Waals surface area contributed by atoms with Crippen LogP contribution in [0.15, 0.2) is 34.9 Å². The first kappa shape index (κ1) is 13.9. The molecule has 0 spiro atoms. The molecule has 19 heavy (non-hydrogen) atoms. The Labute approximate surface area is 118 Å². The van der Waals surface area contributed by atoms with Crippen LogP contribution in [-0.4, -0.2) is 27.7 Å². The van der Waals surface area contributed by atoms with Gasteiger partial charge < -0.3 is 9.84 Å². The van der Waals surface area contributed by atoms with Crippen LogP contribution < -0.4 is 5.32 Å². The standard InChI is InChI=1S/C14H19N3OS/c1-3-19-10-9-11(2)15-14-16-13(18-17-14)12-7-5-4-6-8-12/h4-8,11H,3,9-10H2,1-2H3,(H,15,17). The summed E-state index contributed by atoms with van der Waals surface area (Å²) >= 11 is 1.94. The topological polar surface area (TPSA) is 51.0 Å². The molecule has 0 radical (unpaired) electrons. The second kappa shape index (κ2) is 7.19. The zero-order chi connectivity index (χ0) is 13.5. The Morgan fingerprint density at radius 3 is 2.84 bits per heavy atom. The Bertz CT molecular complexity index is 486. The van der Waals surface area contributed by atoms with Crippen molar-refractivity contribution in [1.82, 2.24) is 10.1 Å². The number of thioether (sulfide) groups is 1. The van der Waals surface area contributed by atoms with Crippen molar-refractivity contribution in [2.45, 2.75) is 26.3 Å². The van der Waals surface area contributed by atoms with Crippen LogP contribution in [0.2, 0.25) is 0 Å². The molecule has 1 aromatic carbocycles. The van der Waals surface area contributed by atoms with Crippen LogP contribution >= 0.6 is 11.8 Å². The van der Waals surface area contributed by atoms with E-state index in [-0.39, 0.29) is 0 Å². The van der Waals surface area contributed by atoms with E-state index in [9.17, 15) is 0 Å². The first-order chi connectivity index (χ1) is 9.29. The molecule has 0 fully saturated rings. The van der Waals surface area contributed by atoms with E-state index in [1.54, 1.807) is 0 Å². The van der Waals surface area contributed by atoms with Gasteiger partial charge in [0.05, 0.1) is 0 Å². The van der Waals surface area contributed by atoms with Crippen molar-refractivity contribution in [3.05, 3.63) is 30.3 Å². The van der Waals surface area contributed by atoms with Crippen LogP contribution in [0.1, 0.15) is 20.3 Å². The minimum absolute atomic E-state index is 0.347. The van der Waals surface area contributed by atoms with Gasteiger partial charge >= 0.3 is 0 Å². The fraction of sp³-hybridized carbons (Fsp3) is 0.429. The van der Waals surface area contributed by atoms with Crippen LogP contribution in [-0.2, 0) is 0 Å². The quantitative estimate of drug-likeness (QED) is 0.782. The predicted octanol–water partition coefficient (Wildman–Crippen LogP) is 3.68. The van der Waals surface area contributed by atoms with Crippen molar-refractivity contribution in [3.63, 3.8) is 0 Å².